The van der Waals surface area contributed by atoms with Crippen LogP contribution in [-0.2, 0) is 9.53 Å². The van der Waals surface area contributed by atoms with Crippen molar-refractivity contribution in [3.8, 4) is 5.75 Å². The number of carbonyl (C=O) groups is 3. The fourth-order valence-electron chi connectivity index (χ4n) is 2.97. The number of amides is 2. The van der Waals surface area contributed by atoms with Crippen molar-refractivity contribution in [3.63, 3.8) is 0 Å². The van der Waals surface area contributed by atoms with Gasteiger partial charge in [-0.05, 0) is 49.2 Å². The Morgan fingerprint density at radius 1 is 0.964 bits per heavy atom. The standard InChI is InChI=1S/C22H23NO5/c1-3-5-14-27-22(26)19(4-2)28-16-12-10-15(11-13-16)23-20(24)17-8-6-7-9-18(17)21(23)25/h6-13,19H,3-5,14H2,1-2H3/t19-/m1/s1. The first kappa shape index (κ1) is 19.6. The molecule has 0 saturated heterocycles. The Kier molecular flexibility index (Phi) is 6.09. The quantitative estimate of drug-likeness (QED) is 0.393. The van der Waals surface area contributed by atoms with Crippen molar-refractivity contribution in [1.29, 1.82) is 0 Å². The molecular weight excluding hydrogens is 358 g/mol. The Bertz CT molecular complexity index is 840. The summed E-state index contributed by atoms with van der Waals surface area (Å²) in [7, 11) is 0. The van der Waals surface area contributed by atoms with Crippen LogP contribution >= 0.6 is 0 Å². The van der Waals surface area contributed by atoms with E-state index in [0.29, 0.717) is 35.6 Å². The molecule has 2 aromatic rings. The van der Waals surface area contributed by atoms with Crippen LogP contribution in [0.1, 0.15) is 53.8 Å². The predicted molar refractivity (Wildman–Crippen MR) is 105 cm³/mol. The molecule has 0 fully saturated rings. The number of ether oxygens (including phenoxy) is 2. The van der Waals surface area contributed by atoms with Gasteiger partial charge in [0.1, 0.15) is 5.75 Å². The summed E-state index contributed by atoms with van der Waals surface area (Å²) >= 11 is 0. The maximum atomic E-state index is 12.5. The Morgan fingerprint density at radius 2 is 1.57 bits per heavy atom. The highest BCUT2D eigenvalue weighted by atomic mass is 16.6. The van der Waals surface area contributed by atoms with Crippen LogP contribution in [0.5, 0.6) is 5.75 Å². The zero-order valence-electron chi connectivity index (χ0n) is 16.0. The van der Waals surface area contributed by atoms with Gasteiger partial charge in [0, 0.05) is 0 Å². The van der Waals surface area contributed by atoms with E-state index < -0.39 is 6.10 Å². The number of hydrogen-bond acceptors (Lipinski definition) is 5. The van der Waals surface area contributed by atoms with Gasteiger partial charge in [0.05, 0.1) is 23.4 Å². The van der Waals surface area contributed by atoms with Crippen molar-refractivity contribution in [3.05, 3.63) is 59.7 Å². The van der Waals surface area contributed by atoms with E-state index >= 15 is 0 Å². The first-order valence-corrected chi connectivity index (χ1v) is 9.48. The summed E-state index contributed by atoms with van der Waals surface area (Å²) in [5, 5.41) is 0. The minimum Gasteiger partial charge on any atom is -0.479 e. The monoisotopic (exact) mass is 381 g/mol. The van der Waals surface area contributed by atoms with Crippen LogP contribution in [0.25, 0.3) is 0 Å². The summed E-state index contributed by atoms with van der Waals surface area (Å²) in [5.41, 5.74) is 1.25. The fraction of sp³-hybridized carbons (Fsp3) is 0.318. The van der Waals surface area contributed by atoms with Crippen molar-refractivity contribution in [2.24, 2.45) is 0 Å². The van der Waals surface area contributed by atoms with Crippen molar-refractivity contribution in [2.75, 3.05) is 11.5 Å². The highest BCUT2D eigenvalue weighted by Crippen LogP contribution is 2.29. The molecule has 28 heavy (non-hydrogen) atoms. The summed E-state index contributed by atoms with van der Waals surface area (Å²) in [6.45, 7) is 4.25. The average molecular weight is 381 g/mol. The van der Waals surface area contributed by atoms with E-state index in [0.717, 1.165) is 17.7 Å². The van der Waals surface area contributed by atoms with E-state index in [9.17, 15) is 14.4 Å². The summed E-state index contributed by atoms with van der Waals surface area (Å²) in [5.74, 6) is -0.611. The van der Waals surface area contributed by atoms with Gasteiger partial charge < -0.3 is 9.47 Å². The van der Waals surface area contributed by atoms with Crippen molar-refractivity contribution in [2.45, 2.75) is 39.2 Å². The van der Waals surface area contributed by atoms with Gasteiger partial charge in [0.25, 0.3) is 11.8 Å². The second-order valence-electron chi connectivity index (χ2n) is 6.52. The highest BCUT2D eigenvalue weighted by molar-refractivity contribution is 6.34. The number of rotatable bonds is 8. The topological polar surface area (TPSA) is 72.9 Å². The maximum Gasteiger partial charge on any atom is 0.347 e. The van der Waals surface area contributed by atoms with Crippen molar-refractivity contribution < 1.29 is 23.9 Å². The van der Waals surface area contributed by atoms with Crippen molar-refractivity contribution in [1.82, 2.24) is 0 Å². The lowest BCUT2D eigenvalue weighted by Crippen LogP contribution is -2.30. The van der Waals surface area contributed by atoms with E-state index in [-0.39, 0.29) is 17.8 Å². The summed E-state index contributed by atoms with van der Waals surface area (Å²) < 4.78 is 10.9. The number of esters is 1. The first-order chi connectivity index (χ1) is 13.6. The van der Waals surface area contributed by atoms with E-state index in [1.165, 1.54) is 0 Å². The molecule has 6 heteroatoms. The molecule has 2 aromatic carbocycles. The van der Waals surface area contributed by atoms with E-state index in [4.69, 9.17) is 9.47 Å². The average Bonchev–Trinajstić information content (AvgIpc) is 2.97. The number of nitrogens with zero attached hydrogens (tertiary/aromatic N) is 1. The summed E-state index contributed by atoms with van der Waals surface area (Å²) in [6.07, 6.45) is 1.55. The van der Waals surface area contributed by atoms with Crippen LogP contribution in [0, 0.1) is 0 Å². The number of anilines is 1. The van der Waals surface area contributed by atoms with Crippen LogP contribution in [0.4, 0.5) is 5.69 Å². The largest absolute Gasteiger partial charge is 0.479 e. The number of hydrogen-bond donors (Lipinski definition) is 0. The molecule has 0 bridgehead atoms. The van der Waals surface area contributed by atoms with Gasteiger partial charge in [-0.3, -0.25) is 9.59 Å². The van der Waals surface area contributed by atoms with Crippen LogP contribution in [0.15, 0.2) is 48.5 Å². The van der Waals surface area contributed by atoms with Crippen LogP contribution in [0.3, 0.4) is 0 Å². The SMILES string of the molecule is CCCCOC(=O)[C@@H](CC)Oc1ccc(N2C(=O)c3ccccc3C2=O)cc1. The molecule has 3 rings (SSSR count). The molecule has 2 amide bonds. The van der Waals surface area contributed by atoms with E-state index in [2.05, 4.69) is 0 Å². The molecule has 1 aliphatic heterocycles. The normalized spacial score (nSPS) is 14.0. The fourth-order valence-corrected chi connectivity index (χ4v) is 2.97. The highest BCUT2D eigenvalue weighted by Gasteiger charge is 2.36. The number of benzene rings is 2. The molecule has 0 spiro atoms. The molecule has 0 aliphatic carbocycles. The number of imide groups is 1. The Morgan fingerprint density at radius 3 is 2.11 bits per heavy atom. The molecule has 0 N–H and O–H groups in total. The second kappa shape index (κ2) is 8.69. The van der Waals surface area contributed by atoms with Gasteiger partial charge in [-0.1, -0.05) is 32.4 Å². The maximum absolute atomic E-state index is 12.5. The minimum absolute atomic E-state index is 0.347. The Hall–Kier alpha value is -3.15. The lowest BCUT2D eigenvalue weighted by Gasteiger charge is -2.18. The van der Waals surface area contributed by atoms with Crippen LogP contribution in [-0.4, -0.2) is 30.5 Å². The molecule has 0 aromatic heterocycles. The van der Waals surface area contributed by atoms with Gasteiger partial charge in [-0.2, -0.15) is 0 Å². The molecule has 1 heterocycles. The minimum atomic E-state index is -0.693. The van der Waals surface area contributed by atoms with E-state index in [1.54, 1.807) is 48.5 Å². The Balaban J connectivity index is 1.69. The molecular formula is C22H23NO5. The third kappa shape index (κ3) is 3.91. The molecule has 1 aliphatic rings. The lowest BCUT2D eigenvalue weighted by atomic mass is 10.1. The number of fused-ring (bicyclic) bond motifs is 1. The van der Waals surface area contributed by atoms with Crippen molar-refractivity contribution >= 4 is 23.5 Å². The summed E-state index contributed by atoms with van der Waals surface area (Å²) in [6, 6.07) is 13.3. The second-order valence-corrected chi connectivity index (χ2v) is 6.52. The van der Waals surface area contributed by atoms with Crippen LogP contribution < -0.4 is 9.64 Å². The third-order valence-corrected chi connectivity index (χ3v) is 4.54. The zero-order chi connectivity index (χ0) is 20.1. The summed E-state index contributed by atoms with van der Waals surface area (Å²) in [4.78, 5) is 38.3. The molecule has 1 atom stereocenters. The number of carbonyl (C=O) groups excluding carboxylic acids is 3. The zero-order valence-corrected chi connectivity index (χ0v) is 16.0. The molecule has 0 radical (unpaired) electrons. The first-order valence-electron chi connectivity index (χ1n) is 9.48. The van der Waals surface area contributed by atoms with E-state index in [1.807, 2.05) is 13.8 Å². The van der Waals surface area contributed by atoms with Crippen LogP contribution in [0.2, 0.25) is 0 Å². The van der Waals surface area contributed by atoms with Gasteiger partial charge >= 0.3 is 5.97 Å². The third-order valence-electron chi connectivity index (χ3n) is 4.54. The van der Waals surface area contributed by atoms with Gasteiger partial charge in [0.15, 0.2) is 6.10 Å². The lowest BCUT2D eigenvalue weighted by molar-refractivity contribution is -0.152. The van der Waals surface area contributed by atoms with Gasteiger partial charge in [-0.15, -0.1) is 0 Å². The number of unbranched alkanes of at least 4 members (excludes halogenated alkanes) is 1. The van der Waals surface area contributed by atoms with Gasteiger partial charge in [0.2, 0.25) is 0 Å². The smallest absolute Gasteiger partial charge is 0.347 e. The molecule has 146 valence electrons. The van der Waals surface area contributed by atoms with Gasteiger partial charge in [-0.25, -0.2) is 9.69 Å². The molecule has 6 nitrogen and oxygen atoms in total. The molecule has 0 unspecified atom stereocenters. The molecule has 0 saturated carbocycles. The predicted octanol–water partition coefficient (Wildman–Crippen LogP) is 3.99. The Labute approximate surface area is 164 Å².